The van der Waals surface area contributed by atoms with E-state index in [2.05, 4.69) is 0 Å². The summed E-state index contributed by atoms with van der Waals surface area (Å²) >= 11 is 0. The van der Waals surface area contributed by atoms with E-state index in [9.17, 15) is 17.9 Å². The van der Waals surface area contributed by atoms with E-state index in [1.165, 1.54) is 0 Å². The van der Waals surface area contributed by atoms with Crippen molar-refractivity contribution in [3.8, 4) is 11.8 Å². The summed E-state index contributed by atoms with van der Waals surface area (Å²) < 4.78 is 38.1. The Hall–Kier alpha value is -1.81. The van der Waals surface area contributed by atoms with Crippen LogP contribution in [0.15, 0.2) is 18.2 Å². The van der Waals surface area contributed by atoms with Crippen LogP contribution in [0.3, 0.4) is 0 Å². The molecular weight excluding hydrogens is 247 g/mol. The summed E-state index contributed by atoms with van der Waals surface area (Å²) in [5, 5.41) is 16.8. The second kappa shape index (κ2) is 5.01. The van der Waals surface area contributed by atoms with Crippen molar-refractivity contribution in [1.29, 1.82) is 5.26 Å². The Kier molecular flexibility index (Phi) is 3.91. The van der Waals surface area contributed by atoms with Gasteiger partial charge in [-0.3, -0.25) is 4.72 Å². The normalized spacial score (nSPS) is 12.8. The Morgan fingerprint density at radius 1 is 1.59 bits per heavy atom. The second-order valence-electron chi connectivity index (χ2n) is 3.33. The van der Waals surface area contributed by atoms with Gasteiger partial charge in [0.25, 0.3) is 0 Å². The van der Waals surface area contributed by atoms with E-state index < -0.39 is 26.8 Å². The summed E-state index contributed by atoms with van der Waals surface area (Å²) in [6.45, 7) is 1.55. The molecule has 2 N–H and O–H groups in total. The lowest BCUT2D eigenvalue weighted by atomic mass is 10.3. The van der Waals surface area contributed by atoms with E-state index in [1.807, 2.05) is 4.72 Å². The Morgan fingerprint density at radius 3 is 2.71 bits per heavy atom. The van der Waals surface area contributed by atoms with Gasteiger partial charge in [-0.2, -0.15) is 5.26 Å². The van der Waals surface area contributed by atoms with Gasteiger partial charge in [-0.25, -0.2) is 12.8 Å². The average molecular weight is 258 g/mol. The predicted molar refractivity (Wildman–Crippen MR) is 60.3 cm³/mol. The fourth-order valence-electron chi connectivity index (χ4n) is 1.20. The molecule has 0 heterocycles. The van der Waals surface area contributed by atoms with Crippen molar-refractivity contribution in [2.45, 2.75) is 18.6 Å². The topological polar surface area (TPSA) is 90.2 Å². The standard InChI is InChI=1S/C10H11FN2O3S/c1-2-8(6-12)17(15,16)13-9-4-3-7(11)5-10(9)14/h3-5,8,13-14H,2H2,1H3. The fourth-order valence-corrected chi connectivity index (χ4v) is 2.39. The van der Waals surface area contributed by atoms with Gasteiger partial charge in [0.2, 0.25) is 10.0 Å². The molecule has 0 saturated carbocycles. The molecule has 7 heteroatoms. The van der Waals surface area contributed by atoms with Gasteiger partial charge in [0.05, 0.1) is 11.8 Å². The summed E-state index contributed by atoms with van der Waals surface area (Å²) in [6, 6.07) is 4.51. The minimum Gasteiger partial charge on any atom is -0.506 e. The quantitative estimate of drug-likeness (QED) is 0.802. The van der Waals surface area contributed by atoms with Crippen molar-refractivity contribution < 1.29 is 17.9 Å². The van der Waals surface area contributed by atoms with Crippen LogP contribution in [0.5, 0.6) is 5.75 Å². The monoisotopic (exact) mass is 258 g/mol. The van der Waals surface area contributed by atoms with Crippen LogP contribution in [0.2, 0.25) is 0 Å². The lowest BCUT2D eigenvalue weighted by molar-refractivity contribution is 0.471. The first kappa shape index (κ1) is 13.3. The highest BCUT2D eigenvalue weighted by atomic mass is 32.2. The number of aromatic hydroxyl groups is 1. The summed E-state index contributed by atoms with van der Waals surface area (Å²) in [5.41, 5.74) is -0.153. The second-order valence-corrected chi connectivity index (χ2v) is 5.20. The highest BCUT2D eigenvalue weighted by Gasteiger charge is 2.24. The number of halogens is 1. The van der Waals surface area contributed by atoms with Gasteiger partial charge in [0.1, 0.15) is 11.6 Å². The minimum atomic E-state index is -3.90. The Balaban J connectivity index is 3.03. The first-order valence-corrected chi connectivity index (χ1v) is 6.35. The number of benzene rings is 1. The largest absolute Gasteiger partial charge is 0.506 e. The van der Waals surface area contributed by atoms with Gasteiger partial charge < -0.3 is 5.11 Å². The molecule has 1 unspecified atom stereocenters. The smallest absolute Gasteiger partial charge is 0.249 e. The van der Waals surface area contributed by atoms with E-state index in [0.717, 1.165) is 18.2 Å². The lowest BCUT2D eigenvalue weighted by Crippen LogP contribution is -2.25. The fraction of sp³-hybridized carbons (Fsp3) is 0.300. The number of hydrogen-bond donors (Lipinski definition) is 2. The molecule has 0 aliphatic rings. The third-order valence-corrected chi connectivity index (χ3v) is 3.79. The molecule has 92 valence electrons. The van der Waals surface area contributed by atoms with E-state index in [1.54, 1.807) is 13.0 Å². The van der Waals surface area contributed by atoms with E-state index in [0.29, 0.717) is 0 Å². The van der Waals surface area contributed by atoms with Crippen molar-refractivity contribution in [3.63, 3.8) is 0 Å². The molecule has 0 aliphatic heterocycles. The summed E-state index contributed by atoms with van der Waals surface area (Å²) in [5.74, 6) is -1.21. The SMILES string of the molecule is CCC(C#N)S(=O)(=O)Nc1ccc(F)cc1O. The van der Waals surface area contributed by atoms with E-state index in [4.69, 9.17) is 5.26 Å². The molecule has 0 radical (unpaired) electrons. The van der Waals surface area contributed by atoms with Gasteiger partial charge in [0, 0.05) is 6.07 Å². The van der Waals surface area contributed by atoms with Crippen molar-refractivity contribution in [2.75, 3.05) is 4.72 Å². The number of sulfonamides is 1. The third-order valence-electron chi connectivity index (χ3n) is 2.10. The highest BCUT2D eigenvalue weighted by molar-refractivity contribution is 7.93. The van der Waals surface area contributed by atoms with Crippen LogP contribution in [0, 0.1) is 17.1 Å². The number of anilines is 1. The molecule has 0 saturated heterocycles. The van der Waals surface area contributed by atoms with E-state index in [-0.39, 0.29) is 12.1 Å². The van der Waals surface area contributed by atoms with Crippen LogP contribution in [0.1, 0.15) is 13.3 Å². The molecule has 5 nitrogen and oxygen atoms in total. The molecular formula is C10H11FN2O3S. The van der Waals surface area contributed by atoms with Crippen LogP contribution >= 0.6 is 0 Å². The van der Waals surface area contributed by atoms with Crippen LogP contribution < -0.4 is 4.72 Å². The van der Waals surface area contributed by atoms with E-state index >= 15 is 0 Å². The highest BCUT2D eigenvalue weighted by Crippen LogP contribution is 2.25. The van der Waals surface area contributed by atoms with Gasteiger partial charge in [-0.05, 0) is 18.6 Å². The number of nitrogens with zero attached hydrogens (tertiary/aromatic N) is 1. The number of phenolic OH excluding ortho intramolecular Hbond substituents is 1. The number of nitriles is 1. The Morgan fingerprint density at radius 2 is 2.24 bits per heavy atom. The molecule has 0 aromatic heterocycles. The maximum absolute atomic E-state index is 12.7. The summed E-state index contributed by atoms with van der Waals surface area (Å²) in [4.78, 5) is 0. The minimum absolute atomic E-state index is 0.119. The predicted octanol–water partition coefficient (Wildman–Crippen LogP) is 1.58. The number of rotatable bonds is 4. The van der Waals surface area contributed by atoms with Crippen LogP contribution in [-0.4, -0.2) is 18.8 Å². The zero-order valence-corrected chi connectivity index (χ0v) is 9.83. The maximum atomic E-state index is 12.7. The molecule has 1 aromatic carbocycles. The van der Waals surface area contributed by atoms with Crippen molar-refractivity contribution in [3.05, 3.63) is 24.0 Å². The maximum Gasteiger partial charge on any atom is 0.249 e. The van der Waals surface area contributed by atoms with Crippen LogP contribution in [0.4, 0.5) is 10.1 Å². The number of nitrogens with one attached hydrogen (secondary N) is 1. The molecule has 0 bridgehead atoms. The lowest BCUT2D eigenvalue weighted by Gasteiger charge is -2.12. The third kappa shape index (κ3) is 3.07. The van der Waals surface area contributed by atoms with Crippen molar-refractivity contribution in [2.24, 2.45) is 0 Å². The zero-order valence-electron chi connectivity index (χ0n) is 9.01. The van der Waals surface area contributed by atoms with Gasteiger partial charge in [0.15, 0.2) is 5.25 Å². The zero-order chi connectivity index (χ0) is 13.1. The molecule has 1 aromatic rings. The molecule has 0 aliphatic carbocycles. The summed E-state index contributed by atoms with van der Waals surface area (Å²) in [7, 11) is -3.90. The van der Waals surface area contributed by atoms with Crippen molar-refractivity contribution >= 4 is 15.7 Å². The molecule has 0 fully saturated rings. The van der Waals surface area contributed by atoms with Gasteiger partial charge in [-0.1, -0.05) is 6.92 Å². The van der Waals surface area contributed by atoms with Crippen LogP contribution in [0.25, 0.3) is 0 Å². The average Bonchev–Trinajstić information content (AvgIpc) is 2.23. The van der Waals surface area contributed by atoms with Crippen LogP contribution in [-0.2, 0) is 10.0 Å². The molecule has 1 rings (SSSR count). The molecule has 17 heavy (non-hydrogen) atoms. The number of phenols is 1. The Bertz CT molecular complexity index is 551. The van der Waals surface area contributed by atoms with Gasteiger partial charge >= 0.3 is 0 Å². The molecule has 1 atom stereocenters. The van der Waals surface area contributed by atoms with Gasteiger partial charge in [-0.15, -0.1) is 0 Å². The molecule has 0 amide bonds. The summed E-state index contributed by atoms with van der Waals surface area (Å²) in [6.07, 6.45) is 0.119. The number of hydrogen-bond acceptors (Lipinski definition) is 4. The first-order chi connectivity index (χ1) is 7.90. The first-order valence-electron chi connectivity index (χ1n) is 4.80. The Labute approximate surface area is 98.6 Å². The molecule has 0 spiro atoms. The van der Waals surface area contributed by atoms with Crippen molar-refractivity contribution in [1.82, 2.24) is 0 Å².